The van der Waals surface area contributed by atoms with Crippen LogP contribution in [-0.4, -0.2) is 8.07 Å². The molecule has 228 valence electrons. The van der Waals surface area contributed by atoms with Crippen LogP contribution in [0.15, 0.2) is 164 Å². The second-order valence-corrected chi connectivity index (χ2v) is 18.1. The summed E-state index contributed by atoms with van der Waals surface area (Å²) in [6.45, 7) is 7.17. The summed E-state index contributed by atoms with van der Waals surface area (Å²) in [6.07, 6.45) is 0. The molecule has 7 aromatic carbocycles. The molecular formula is C43H36N2OSi. The third-order valence-corrected chi connectivity index (χ3v) is 11.1. The Morgan fingerprint density at radius 3 is 1.55 bits per heavy atom. The minimum Gasteiger partial charge on any atom is -0.456 e. The molecule has 1 aliphatic heterocycles. The summed E-state index contributed by atoms with van der Waals surface area (Å²) in [5.74, 6) is 1.73. The average Bonchev–Trinajstić information content (AvgIpc) is 3.10. The quantitative estimate of drug-likeness (QED) is 0.164. The summed E-state index contributed by atoms with van der Waals surface area (Å²) in [5.41, 5.74) is 8.91. The number of fused-ring (bicyclic) bond motifs is 2. The van der Waals surface area contributed by atoms with E-state index in [0.717, 1.165) is 62.0 Å². The molecule has 0 aromatic heterocycles. The maximum Gasteiger partial charge on any atom is 0.137 e. The molecule has 0 saturated heterocycles. The number of anilines is 6. The number of para-hydroxylation sites is 3. The highest BCUT2D eigenvalue weighted by Gasteiger charge is 2.25. The predicted molar refractivity (Wildman–Crippen MR) is 202 cm³/mol. The number of rotatable bonds is 7. The van der Waals surface area contributed by atoms with Gasteiger partial charge in [-0.3, -0.25) is 0 Å². The lowest BCUT2D eigenvalue weighted by Crippen LogP contribution is -2.37. The van der Waals surface area contributed by atoms with Gasteiger partial charge in [0.05, 0.1) is 13.8 Å². The van der Waals surface area contributed by atoms with Crippen molar-refractivity contribution in [3.63, 3.8) is 0 Å². The molecule has 0 bridgehead atoms. The van der Waals surface area contributed by atoms with Crippen molar-refractivity contribution >= 4 is 58.2 Å². The maximum absolute atomic E-state index is 6.78. The van der Waals surface area contributed by atoms with Crippen LogP contribution in [0.25, 0.3) is 21.9 Å². The second-order valence-electron chi connectivity index (χ2n) is 13.1. The first kappa shape index (κ1) is 28.9. The molecule has 0 spiro atoms. The largest absolute Gasteiger partial charge is 0.456 e. The van der Waals surface area contributed by atoms with Gasteiger partial charge < -0.3 is 14.5 Å². The first-order valence-corrected chi connectivity index (χ1v) is 19.7. The van der Waals surface area contributed by atoms with Crippen LogP contribution in [0.4, 0.5) is 34.1 Å². The van der Waals surface area contributed by atoms with Crippen molar-refractivity contribution in [2.75, 3.05) is 9.80 Å². The van der Waals surface area contributed by atoms with Crippen molar-refractivity contribution in [2.45, 2.75) is 19.6 Å². The molecule has 0 radical (unpaired) electrons. The Morgan fingerprint density at radius 1 is 0.426 bits per heavy atom. The number of hydrogen-bond donors (Lipinski definition) is 0. The van der Waals surface area contributed by atoms with Crippen molar-refractivity contribution in [2.24, 2.45) is 0 Å². The molecule has 4 heteroatoms. The van der Waals surface area contributed by atoms with Gasteiger partial charge in [0.1, 0.15) is 11.5 Å². The summed E-state index contributed by atoms with van der Waals surface area (Å²) in [4.78, 5) is 4.64. The van der Waals surface area contributed by atoms with E-state index < -0.39 is 8.07 Å². The van der Waals surface area contributed by atoms with E-state index in [4.69, 9.17) is 4.74 Å². The van der Waals surface area contributed by atoms with Gasteiger partial charge in [0, 0.05) is 50.8 Å². The Bertz CT molecular complexity index is 2150. The van der Waals surface area contributed by atoms with E-state index in [1.165, 1.54) is 10.8 Å². The minimum absolute atomic E-state index is 0.859. The van der Waals surface area contributed by atoms with Crippen LogP contribution in [0.3, 0.4) is 0 Å². The van der Waals surface area contributed by atoms with E-state index in [-0.39, 0.29) is 0 Å². The third-order valence-electron chi connectivity index (χ3n) is 8.99. The van der Waals surface area contributed by atoms with Crippen LogP contribution in [0.1, 0.15) is 0 Å². The fourth-order valence-electron chi connectivity index (χ4n) is 6.65. The highest BCUT2D eigenvalue weighted by molar-refractivity contribution is 6.88. The first-order chi connectivity index (χ1) is 23.0. The number of hydrogen-bond acceptors (Lipinski definition) is 3. The Balaban J connectivity index is 1.25. The molecule has 0 saturated carbocycles. The van der Waals surface area contributed by atoms with E-state index in [9.17, 15) is 0 Å². The Labute approximate surface area is 278 Å². The zero-order chi connectivity index (χ0) is 32.0. The van der Waals surface area contributed by atoms with Crippen LogP contribution in [0, 0.1) is 0 Å². The molecule has 0 aliphatic carbocycles. The fraction of sp³-hybridized carbons (Fsp3) is 0.0698. The molecule has 0 amide bonds. The maximum atomic E-state index is 6.78. The van der Waals surface area contributed by atoms with Gasteiger partial charge in [0.15, 0.2) is 0 Å². The SMILES string of the molecule is C[Si](C)(C)c1ccc(N(c2ccccc2)c2ccc3c(c2)Oc2cccc4c(N(c5ccccc5)c5ccccc5)ccc-3c24)cc1. The van der Waals surface area contributed by atoms with E-state index in [2.05, 4.69) is 193 Å². The number of ether oxygens (including phenoxy) is 1. The summed E-state index contributed by atoms with van der Waals surface area (Å²) < 4.78 is 6.78. The van der Waals surface area contributed by atoms with Gasteiger partial charge in [0.2, 0.25) is 0 Å². The lowest BCUT2D eigenvalue weighted by atomic mass is 9.93. The lowest BCUT2D eigenvalue weighted by molar-refractivity contribution is 0.487. The molecule has 3 nitrogen and oxygen atoms in total. The molecule has 0 N–H and O–H groups in total. The Morgan fingerprint density at radius 2 is 0.957 bits per heavy atom. The summed E-state index contributed by atoms with van der Waals surface area (Å²) in [5, 5.41) is 3.73. The monoisotopic (exact) mass is 624 g/mol. The number of benzene rings is 7. The zero-order valence-electron chi connectivity index (χ0n) is 26.9. The van der Waals surface area contributed by atoms with Gasteiger partial charge in [0.25, 0.3) is 0 Å². The van der Waals surface area contributed by atoms with Crippen LogP contribution < -0.4 is 19.7 Å². The van der Waals surface area contributed by atoms with Crippen molar-refractivity contribution in [1.29, 1.82) is 0 Å². The molecule has 0 unspecified atom stereocenters. The Hall–Kier alpha value is -5.58. The van der Waals surface area contributed by atoms with Gasteiger partial charge >= 0.3 is 0 Å². The topological polar surface area (TPSA) is 15.7 Å². The molecular weight excluding hydrogens is 589 g/mol. The van der Waals surface area contributed by atoms with Gasteiger partial charge in [-0.25, -0.2) is 0 Å². The highest BCUT2D eigenvalue weighted by Crippen LogP contribution is 2.51. The molecule has 1 heterocycles. The summed E-state index contributed by atoms with van der Waals surface area (Å²) >= 11 is 0. The fourth-order valence-corrected chi connectivity index (χ4v) is 7.82. The van der Waals surface area contributed by atoms with Crippen molar-refractivity contribution < 1.29 is 4.74 Å². The van der Waals surface area contributed by atoms with E-state index in [0.29, 0.717) is 0 Å². The highest BCUT2D eigenvalue weighted by atomic mass is 28.3. The van der Waals surface area contributed by atoms with Gasteiger partial charge in [-0.2, -0.15) is 0 Å². The standard InChI is InChI=1S/C43H36N2OSi/c1-47(2,3)36-25-22-34(23-26-36)44(31-14-7-4-8-15-31)35-24-27-37-38-28-29-40(39-20-13-21-41(43(38)39)46-42(37)30-35)45(32-16-9-5-10-17-32)33-18-11-6-12-19-33/h4-30H,1-3H3. The van der Waals surface area contributed by atoms with E-state index in [1.54, 1.807) is 0 Å². The van der Waals surface area contributed by atoms with E-state index >= 15 is 0 Å². The molecule has 47 heavy (non-hydrogen) atoms. The Kier molecular flexibility index (Phi) is 7.15. The molecule has 0 fully saturated rings. The van der Waals surface area contributed by atoms with Crippen LogP contribution in [0.2, 0.25) is 19.6 Å². The zero-order valence-corrected chi connectivity index (χ0v) is 27.9. The molecule has 1 aliphatic rings. The smallest absolute Gasteiger partial charge is 0.137 e. The van der Waals surface area contributed by atoms with Crippen LogP contribution >= 0.6 is 0 Å². The van der Waals surface area contributed by atoms with Crippen molar-refractivity contribution in [3.05, 3.63) is 164 Å². The molecule has 0 atom stereocenters. The number of nitrogens with zero attached hydrogens (tertiary/aromatic N) is 2. The minimum atomic E-state index is -1.42. The summed E-state index contributed by atoms with van der Waals surface area (Å²) in [7, 11) is -1.42. The third kappa shape index (κ3) is 5.27. The van der Waals surface area contributed by atoms with Crippen molar-refractivity contribution in [3.8, 4) is 22.6 Å². The van der Waals surface area contributed by atoms with Crippen LogP contribution in [-0.2, 0) is 0 Å². The van der Waals surface area contributed by atoms with E-state index in [1.807, 2.05) is 0 Å². The van der Waals surface area contributed by atoms with Crippen LogP contribution in [0.5, 0.6) is 11.5 Å². The second kappa shape index (κ2) is 11.7. The summed E-state index contributed by atoms with van der Waals surface area (Å²) in [6, 6.07) is 58.3. The predicted octanol–water partition coefficient (Wildman–Crippen LogP) is 12.1. The van der Waals surface area contributed by atoms with Gasteiger partial charge in [-0.05, 0) is 78.4 Å². The van der Waals surface area contributed by atoms with Gasteiger partial charge in [-0.15, -0.1) is 0 Å². The van der Waals surface area contributed by atoms with Gasteiger partial charge in [-0.1, -0.05) is 110 Å². The normalized spacial score (nSPS) is 11.9. The average molecular weight is 625 g/mol. The lowest BCUT2D eigenvalue weighted by Gasteiger charge is -2.30. The first-order valence-electron chi connectivity index (χ1n) is 16.2. The molecule has 7 aromatic rings. The van der Waals surface area contributed by atoms with Crippen molar-refractivity contribution in [1.82, 2.24) is 0 Å². The molecule has 8 rings (SSSR count).